The molecule has 0 radical (unpaired) electrons. The lowest BCUT2D eigenvalue weighted by Gasteiger charge is -2.08. The molecule has 0 spiro atoms. The Morgan fingerprint density at radius 1 is 1.43 bits per heavy atom. The molecule has 0 bridgehead atoms. The van der Waals surface area contributed by atoms with Crippen LogP contribution in [0.2, 0.25) is 5.02 Å². The molecule has 0 saturated heterocycles. The molecule has 0 fully saturated rings. The van der Waals surface area contributed by atoms with Crippen LogP contribution in [0.15, 0.2) is 28.5 Å². The van der Waals surface area contributed by atoms with Crippen molar-refractivity contribution in [3.05, 3.63) is 44.9 Å². The van der Waals surface area contributed by atoms with Crippen molar-refractivity contribution in [1.29, 1.82) is 0 Å². The molecule has 5 nitrogen and oxygen atoms in total. The number of hydrogen-bond acceptors (Lipinski definition) is 5. The first kappa shape index (κ1) is 16.4. The number of halogens is 1. The summed E-state index contributed by atoms with van der Waals surface area (Å²) in [5, 5.41) is 3.25. The molecule has 2 aromatic rings. The van der Waals surface area contributed by atoms with Gasteiger partial charge >= 0.3 is 0 Å². The second-order valence-electron chi connectivity index (χ2n) is 4.46. The fourth-order valence-electron chi connectivity index (χ4n) is 1.78. The predicted molar refractivity (Wildman–Crippen MR) is 85.1 cm³/mol. The summed E-state index contributed by atoms with van der Waals surface area (Å²) in [6.07, 6.45) is 0.554. The Hall–Kier alpha value is -0.990. The molecule has 2 rings (SSSR count). The number of hydrogen-bond donors (Lipinski definition) is 2. The van der Waals surface area contributed by atoms with E-state index in [1.54, 1.807) is 17.4 Å². The van der Waals surface area contributed by atoms with E-state index in [0.29, 0.717) is 23.6 Å². The van der Waals surface area contributed by atoms with Crippen LogP contribution in [0.1, 0.15) is 16.3 Å². The summed E-state index contributed by atoms with van der Waals surface area (Å²) in [5.41, 5.74) is 7.10. The van der Waals surface area contributed by atoms with Crippen molar-refractivity contribution in [2.24, 2.45) is 5.73 Å². The van der Waals surface area contributed by atoms with Gasteiger partial charge in [0.1, 0.15) is 0 Å². The zero-order valence-corrected chi connectivity index (χ0v) is 13.9. The number of nitrogens with zero attached hydrogens (tertiary/aromatic N) is 1. The molecule has 8 heteroatoms. The number of nitrogens with two attached hydrogens (primary N) is 1. The highest BCUT2D eigenvalue weighted by Crippen LogP contribution is 2.20. The normalized spacial score (nSPS) is 11.8. The van der Waals surface area contributed by atoms with Crippen molar-refractivity contribution in [1.82, 2.24) is 9.71 Å². The van der Waals surface area contributed by atoms with Gasteiger partial charge in [0.25, 0.3) is 0 Å². The number of sulfonamides is 1. The zero-order valence-electron chi connectivity index (χ0n) is 11.5. The van der Waals surface area contributed by atoms with Gasteiger partial charge < -0.3 is 5.73 Å². The highest BCUT2D eigenvalue weighted by atomic mass is 35.5. The average Bonchev–Trinajstić information content (AvgIpc) is 2.84. The molecule has 3 N–H and O–H groups in total. The Morgan fingerprint density at radius 2 is 2.19 bits per heavy atom. The van der Waals surface area contributed by atoms with Crippen molar-refractivity contribution in [2.45, 2.75) is 24.8 Å². The van der Waals surface area contributed by atoms with Crippen molar-refractivity contribution in [2.75, 3.05) is 6.54 Å². The van der Waals surface area contributed by atoms with Crippen molar-refractivity contribution in [3.8, 4) is 0 Å². The van der Waals surface area contributed by atoms with Gasteiger partial charge in [-0.2, -0.15) is 0 Å². The van der Waals surface area contributed by atoms with Gasteiger partial charge in [-0.15, -0.1) is 11.3 Å². The third-order valence-electron chi connectivity index (χ3n) is 2.89. The maximum absolute atomic E-state index is 12.2. The average molecular weight is 346 g/mol. The Labute approximate surface area is 133 Å². The van der Waals surface area contributed by atoms with Crippen LogP contribution in [0.25, 0.3) is 0 Å². The summed E-state index contributed by atoms with van der Waals surface area (Å²) in [4.78, 5) is 4.43. The van der Waals surface area contributed by atoms with Gasteiger partial charge in [-0.05, 0) is 24.6 Å². The van der Waals surface area contributed by atoms with E-state index in [1.165, 1.54) is 12.1 Å². The largest absolute Gasteiger partial charge is 0.326 e. The lowest BCUT2D eigenvalue weighted by atomic mass is 10.2. The molecule has 0 aliphatic rings. The number of benzene rings is 1. The van der Waals surface area contributed by atoms with Crippen molar-refractivity contribution in [3.63, 3.8) is 0 Å². The minimum absolute atomic E-state index is 0.138. The summed E-state index contributed by atoms with van der Waals surface area (Å²) in [6, 6.07) is 4.54. The minimum Gasteiger partial charge on any atom is -0.326 e. The summed E-state index contributed by atoms with van der Waals surface area (Å²) >= 11 is 7.53. The molecular formula is C13H16ClN3O2S2. The van der Waals surface area contributed by atoms with Gasteiger partial charge in [0.2, 0.25) is 10.0 Å². The van der Waals surface area contributed by atoms with Crippen LogP contribution >= 0.6 is 22.9 Å². The quantitative estimate of drug-likeness (QED) is 0.839. The maximum Gasteiger partial charge on any atom is 0.240 e. The molecular weight excluding hydrogens is 330 g/mol. The number of rotatable bonds is 6. The van der Waals surface area contributed by atoms with E-state index in [2.05, 4.69) is 9.71 Å². The van der Waals surface area contributed by atoms with Gasteiger partial charge in [0, 0.05) is 29.9 Å². The van der Waals surface area contributed by atoms with E-state index in [9.17, 15) is 8.42 Å². The van der Waals surface area contributed by atoms with Crippen LogP contribution in [0.3, 0.4) is 0 Å². The molecule has 0 unspecified atom stereocenters. The highest BCUT2D eigenvalue weighted by Gasteiger charge is 2.15. The minimum atomic E-state index is -3.57. The first-order chi connectivity index (χ1) is 9.92. The topological polar surface area (TPSA) is 85.1 Å². The maximum atomic E-state index is 12.2. The summed E-state index contributed by atoms with van der Waals surface area (Å²) in [5.74, 6) is 0. The molecule has 0 aliphatic heterocycles. The Morgan fingerprint density at radius 3 is 2.76 bits per heavy atom. The number of thiazole rings is 1. The van der Waals surface area contributed by atoms with Crippen LogP contribution in [-0.2, 0) is 23.0 Å². The molecule has 21 heavy (non-hydrogen) atoms. The van der Waals surface area contributed by atoms with Crippen molar-refractivity contribution >= 4 is 33.0 Å². The molecule has 1 heterocycles. The van der Waals surface area contributed by atoms with Gasteiger partial charge in [-0.3, -0.25) is 0 Å². The van der Waals surface area contributed by atoms with Crippen molar-refractivity contribution < 1.29 is 8.42 Å². The lowest BCUT2D eigenvalue weighted by Crippen LogP contribution is -2.26. The summed E-state index contributed by atoms with van der Waals surface area (Å²) in [7, 11) is -3.57. The molecule has 0 amide bonds. The number of aryl methyl sites for hydroxylation is 1. The number of aromatic nitrogens is 1. The molecule has 0 saturated carbocycles. The van der Waals surface area contributed by atoms with E-state index in [0.717, 1.165) is 10.7 Å². The van der Waals surface area contributed by atoms with E-state index in [1.807, 2.05) is 12.3 Å². The predicted octanol–water partition coefficient (Wildman–Crippen LogP) is 2.08. The Bertz CT molecular complexity index is 729. The monoisotopic (exact) mass is 345 g/mol. The SMILES string of the molecule is Cc1nc(CCNS(=O)(=O)c2ccc(CN)c(Cl)c2)cs1. The lowest BCUT2D eigenvalue weighted by molar-refractivity contribution is 0.581. The first-order valence-electron chi connectivity index (χ1n) is 6.31. The van der Waals surface area contributed by atoms with Gasteiger partial charge in [-0.1, -0.05) is 17.7 Å². The summed E-state index contributed by atoms with van der Waals surface area (Å²) in [6.45, 7) is 2.48. The third-order valence-corrected chi connectivity index (χ3v) is 5.53. The van der Waals surface area contributed by atoms with E-state index in [-0.39, 0.29) is 11.4 Å². The fraction of sp³-hybridized carbons (Fsp3) is 0.308. The second-order valence-corrected chi connectivity index (χ2v) is 7.70. The molecule has 1 aromatic heterocycles. The molecule has 114 valence electrons. The van der Waals surface area contributed by atoms with Crippen LogP contribution in [0, 0.1) is 6.92 Å². The first-order valence-corrected chi connectivity index (χ1v) is 9.05. The Kier molecular flexibility index (Phi) is 5.34. The molecule has 0 atom stereocenters. The van der Waals surface area contributed by atoms with Crippen LogP contribution in [0.4, 0.5) is 0 Å². The number of nitrogens with one attached hydrogen (secondary N) is 1. The van der Waals surface area contributed by atoms with E-state index >= 15 is 0 Å². The van der Waals surface area contributed by atoms with Crippen LogP contribution < -0.4 is 10.5 Å². The van der Waals surface area contributed by atoms with Gasteiger partial charge in [0.15, 0.2) is 0 Å². The fourth-order valence-corrected chi connectivity index (χ4v) is 3.81. The highest BCUT2D eigenvalue weighted by molar-refractivity contribution is 7.89. The van der Waals surface area contributed by atoms with Crippen LogP contribution in [0.5, 0.6) is 0 Å². The third kappa shape index (κ3) is 4.24. The zero-order chi connectivity index (χ0) is 15.5. The van der Waals surface area contributed by atoms with Gasteiger partial charge in [-0.25, -0.2) is 18.1 Å². The summed E-state index contributed by atoms with van der Waals surface area (Å²) < 4.78 is 26.9. The molecule has 1 aromatic carbocycles. The van der Waals surface area contributed by atoms with Crippen LogP contribution in [-0.4, -0.2) is 19.9 Å². The molecule has 0 aliphatic carbocycles. The van der Waals surface area contributed by atoms with E-state index in [4.69, 9.17) is 17.3 Å². The standard InChI is InChI=1S/C13H16ClN3O2S2/c1-9-17-11(8-20-9)4-5-16-21(18,19)12-3-2-10(7-15)13(14)6-12/h2-3,6,8,16H,4-5,7,15H2,1H3. The smallest absolute Gasteiger partial charge is 0.240 e. The second kappa shape index (κ2) is 6.85. The van der Waals surface area contributed by atoms with Gasteiger partial charge in [0.05, 0.1) is 15.6 Å². The Balaban J connectivity index is 2.02. The van der Waals surface area contributed by atoms with E-state index < -0.39 is 10.0 Å².